The van der Waals surface area contributed by atoms with E-state index in [9.17, 15) is 9.18 Å². The van der Waals surface area contributed by atoms with Crippen LogP contribution in [-0.2, 0) is 4.79 Å². The number of likely N-dealkylation sites (N-methyl/N-ethyl adjacent to an activating group) is 1. The van der Waals surface area contributed by atoms with Crippen LogP contribution in [0, 0.1) is 5.82 Å². The third-order valence-corrected chi connectivity index (χ3v) is 5.53. The highest BCUT2D eigenvalue weighted by Gasteiger charge is 2.31. The SMILES string of the molecule is CN1C[C@@H](NC(=O)COc2ccc(Cl)c(F)c2)NC[C@H]1c1nnc(-c2ccc(Cl)cc2)o1. The van der Waals surface area contributed by atoms with Gasteiger partial charge < -0.3 is 14.5 Å². The quantitative estimate of drug-likeness (QED) is 0.560. The topological polar surface area (TPSA) is 92.5 Å². The van der Waals surface area contributed by atoms with Crippen molar-refractivity contribution in [2.45, 2.75) is 12.2 Å². The van der Waals surface area contributed by atoms with Gasteiger partial charge in [0.15, 0.2) is 6.61 Å². The Balaban J connectivity index is 1.29. The smallest absolute Gasteiger partial charge is 0.259 e. The summed E-state index contributed by atoms with van der Waals surface area (Å²) >= 11 is 11.6. The number of ether oxygens (including phenoxy) is 1. The Hall–Kier alpha value is -2.72. The van der Waals surface area contributed by atoms with Gasteiger partial charge in [0, 0.05) is 29.7 Å². The molecule has 0 saturated carbocycles. The summed E-state index contributed by atoms with van der Waals surface area (Å²) in [6.07, 6.45) is -0.298. The molecule has 1 aromatic heterocycles. The van der Waals surface area contributed by atoms with Gasteiger partial charge in [-0.1, -0.05) is 23.2 Å². The summed E-state index contributed by atoms with van der Waals surface area (Å²) in [5.41, 5.74) is 0.783. The Morgan fingerprint density at radius 1 is 1.28 bits per heavy atom. The van der Waals surface area contributed by atoms with Crippen molar-refractivity contribution in [1.29, 1.82) is 0 Å². The van der Waals surface area contributed by atoms with Crippen LogP contribution in [0.4, 0.5) is 4.39 Å². The fourth-order valence-electron chi connectivity index (χ4n) is 3.29. The van der Waals surface area contributed by atoms with Crippen LogP contribution < -0.4 is 15.4 Å². The fourth-order valence-corrected chi connectivity index (χ4v) is 3.54. The van der Waals surface area contributed by atoms with E-state index in [4.69, 9.17) is 32.4 Å². The van der Waals surface area contributed by atoms with Gasteiger partial charge in [0.05, 0.1) is 11.2 Å². The second kappa shape index (κ2) is 9.83. The highest BCUT2D eigenvalue weighted by atomic mass is 35.5. The predicted octanol–water partition coefficient (Wildman–Crippen LogP) is 3.28. The maximum absolute atomic E-state index is 13.5. The molecule has 11 heteroatoms. The second-order valence-corrected chi connectivity index (χ2v) is 8.14. The summed E-state index contributed by atoms with van der Waals surface area (Å²) in [6.45, 7) is 0.748. The van der Waals surface area contributed by atoms with Crippen LogP contribution in [0.2, 0.25) is 10.0 Å². The Kier molecular flexibility index (Phi) is 6.90. The summed E-state index contributed by atoms with van der Waals surface area (Å²) in [4.78, 5) is 14.2. The van der Waals surface area contributed by atoms with Crippen molar-refractivity contribution >= 4 is 29.1 Å². The van der Waals surface area contributed by atoms with Gasteiger partial charge in [-0.15, -0.1) is 10.2 Å². The molecule has 2 atom stereocenters. The molecule has 3 aromatic rings. The van der Waals surface area contributed by atoms with E-state index < -0.39 is 5.82 Å². The molecular formula is C21H20Cl2FN5O3. The molecular weight excluding hydrogens is 460 g/mol. The Bertz CT molecular complexity index is 1100. The number of hydrogen-bond donors (Lipinski definition) is 2. The molecule has 2 N–H and O–H groups in total. The van der Waals surface area contributed by atoms with Crippen molar-refractivity contribution in [1.82, 2.24) is 25.7 Å². The number of halogens is 3. The number of amides is 1. The van der Waals surface area contributed by atoms with Gasteiger partial charge in [-0.3, -0.25) is 15.0 Å². The third-order valence-electron chi connectivity index (χ3n) is 4.97. The minimum absolute atomic E-state index is 0.00710. The average Bonchev–Trinajstić information content (AvgIpc) is 3.25. The van der Waals surface area contributed by atoms with Crippen molar-refractivity contribution in [2.24, 2.45) is 0 Å². The van der Waals surface area contributed by atoms with E-state index in [2.05, 4.69) is 20.8 Å². The number of carbonyl (C=O) groups excluding carboxylic acids is 1. The Labute approximate surface area is 193 Å². The molecule has 0 aliphatic carbocycles. The fraction of sp³-hybridized carbons (Fsp3) is 0.286. The number of hydrogen-bond acceptors (Lipinski definition) is 7. The van der Waals surface area contributed by atoms with Crippen molar-refractivity contribution < 1.29 is 18.3 Å². The van der Waals surface area contributed by atoms with E-state index >= 15 is 0 Å². The lowest BCUT2D eigenvalue weighted by atomic mass is 10.2. The van der Waals surface area contributed by atoms with Crippen LogP contribution in [0.25, 0.3) is 11.5 Å². The van der Waals surface area contributed by atoms with Crippen molar-refractivity contribution in [2.75, 3.05) is 26.7 Å². The summed E-state index contributed by atoms with van der Waals surface area (Å²) in [6, 6.07) is 11.0. The van der Waals surface area contributed by atoms with E-state index in [1.165, 1.54) is 12.1 Å². The first-order valence-corrected chi connectivity index (χ1v) is 10.5. The molecule has 2 heterocycles. The van der Waals surface area contributed by atoms with E-state index in [0.717, 1.165) is 11.6 Å². The van der Waals surface area contributed by atoms with Gasteiger partial charge in [0.1, 0.15) is 17.6 Å². The zero-order chi connectivity index (χ0) is 22.7. The van der Waals surface area contributed by atoms with Crippen LogP contribution in [-0.4, -0.2) is 53.9 Å². The van der Waals surface area contributed by atoms with Gasteiger partial charge >= 0.3 is 0 Å². The second-order valence-electron chi connectivity index (χ2n) is 7.30. The molecule has 1 saturated heterocycles. The van der Waals surface area contributed by atoms with Crippen LogP contribution >= 0.6 is 23.2 Å². The first-order valence-electron chi connectivity index (χ1n) is 9.79. The summed E-state index contributed by atoms with van der Waals surface area (Å²) in [7, 11) is 1.91. The lowest BCUT2D eigenvalue weighted by Crippen LogP contribution is -2.58. The first-order chi connectivity index (χ1) is 15.4. The van der Waals surface area contributed by atoms with Gasteiger partial charge in [-0.2, -0.15) is 0 Å². The average molecular weight is 480 g/mol. The molecule has 168 valence electrons. The lowest BCUT2D eigenvalue weighted by molar-refractivity contribution is -0.124. The predicted molar refractivity (Wildman–Crippen MR) is 117 cm³/mol. The van der Waals surface area contributed by atoms with Gasteiger partial charge in [-0.05, 0) is 43.4 Å². The molecule has 0 spiro atoms. The van der Waals surface area contributed by atoms with Gasteiger partial charge in [0.25, 0.3) is 5.91 Å². The highest BCUT2D eigenvalue weighted by molar-refractivity contribution is 6.31. The molecule has 0 unspecified atom stereocenters. The molecule has 0 radical (unpaired) electrons. The molecule has 4 rings (SSSR count). The first kappa shape index (κ1) is 22.5. The van der Waals surface area contributed by atoms with Crippen molar-refractivity contribution in [3.05, 3.63) is 64.2 Å². The zero-order valence-corrected chi connectivity index (χ0v) is 18.5. The van der Waals surface area contributed by atoms with E-state index in [1.54, 1.807) is 12.1 Å². The van der Waals surface area contributed by atoms with Crippen molar-refractivity contribution in [3.8, 4) is 17.2 Å². The van der Waals surface area contributed by atoms with E-state index in [-0.39, 0.29) is 35.5 Å². The molecule has 32 heavy (non-hydrogen) atoms. The number of aromatic nitrogens is 2. The number of carbonyl (C=O) groups is 1. The lowest BCUT2D eigenvalue weighted by Gasteiger charge is -2.36. The highest BCUT2D eigenvalue weighted by Crippen LogP contribution is 2.26. The number of nitrogens with zero attached hydrogens (tertiary/aromatic N) is 3. The minimum atomic E-state index is -0.605. The van der Waals surface area contributed by atoms with Gasteiger partial charge in [-0.25, -0.2) is 4.39 Å². The standard InChI is InChI=1S/C21H20Cl2FN5O3/c1-29-10-18(26-19(30)11-31-14-6-7-15(23)16(24)8-14)25-9-17(29)21-28-27-20(32-21)12-2-4-13(22)5-3-12/h2-8,17-18,25H,9-11H2,1H3,(H,26,30)/t17-,18+/m0/s1. The van der Waals surface area contributed by atoms with E-state index in [0.29, 0.717) is 29.9 Å². The van der Waals surface area contributed by atoms with E-state index in [1.807, 2.05) is 24.1 Å². The Morgan fingerprint density at radius 2 is 2.06 bits per heavy atom. The monoisotopic (exact) mass is 479 g/mol. The molecule has 2 aromatic carbocycles. The summed E-state index contributed by atoms with van der Waals surface area (Å²) in [5.74, 6) is 0.168. The Morgan fingerprint density at radius 3 is 2.78 bits per heavy atom. The minimum Gasteiger partial charge on any atom is -0.484 e. The van der Waals surface area contributed by atoms with Crippen LogP contribution in [0.3, 0.4) is 0 Å². The van der Waals surface area contributed by atoms with Crippen LogP contribution in [0.15, 0.2) is 46.9 Å². The number of nitrogens with one attached hydrogen (secondary N) is 2. The summed E-state index contributed by atoms with van der Waals surface area (Å²) in [5, 5.41) is 15.0. The molecule has 1 fully saturated rings. The van der Waals surface area contributed by atoms with Gasteiger partial charge in [0.2, 0.25) is 11.8 Å². The molecule has 0 bridgehead atoms. The maximum Gasteiger partial charge on any atom is 0.259 e. The van der Waals surface area contributed by atoms with Crippen LogP contribution in [0.5, 0.6) is 5.75 Å². The summed E-state index contributed by atoms with van der Waals surface area (Å²) < 4.78 is 24.6. The molecule has 8 nitrogen and oxygen atoms in total. The number of rotatable bonds is 6. The number of piperazine rings is 1. The van der Waals surface area contributed by atoms with Crippen LogP contribution in [0.1, 0.15) is 11.9 Å². The van der Waals surface area contributed by atoms with Crippen molar-refractivity contribution in [3.63, 3.8) is 0 Å². The molecule has 1 aliphatic heterocycles. The largest absolute Gasteiger partial charge is 0.484 e. The number of benzene rings is 2. The maximum atomic E-state index is 13.5. The molecule has 1 amide bonds. The zero-order valence-electron chi connectivity index (χ0n) is 17.0. The normalized spacial score (nSPS) is 19.0. The molecule has 1 aliphatic rings. The third kappa shape index (κ3) is 5.36.